The number of anilines is 1. The van der Waals surface area contributed by atoms with E-state index in [0.717, 1.165) is 11.4 Å². The highest BCUT2D eigenvalue weighted by Gasteiger charge is 2.20. The molecule has 0 radical (unpaired) electrons. The van der Waals surface area contributed by atoms with Gasteiger partial charge in [-0.1, -0.05) is 19.3 Å². The topological polar surface area (TPSA) is 55.1 Å². The minimum Gasteiger partial charge on any atom is -0.327 e. The molecule has 1 amide bonds. The summed E-state index contributed by atoms with van der Waals surface area (Å²) in [6.45, 7) is 1.52. The van der Waals surface area contributed by atoms with E-state index >= 15 is 0 Å². The van der Waals surface area contributed by atoms with Crippen LogP contribution < -0.4 is 11.1 Å². The molecule has 3 N–H and O–H groups in total. The van der Waals surface area contributed by atoms with Gasteiger partial charge in [0, 0.05) is 29.3 Å². The number of nitrogens with one attached hydrogen (secondary N) is 1. The van der Waals surface area contributed by atoms with E-state index in [-0.39, 0.29) is 5.91 Å². The first kappa shape index (κ1) is 15.4. The zero-order chi connectivity index (χ0) is 14.4. The Morgan fingerprint density at radius 3 is 2.55 bits per heavy atom. The maximum absolute atomic E-state index is 11.0. The molecule has 0 aromatic heterocycles. The Balaban J connectivity index is 1.79. The number of nitrogens with two attached hydrogens (primary N) is 1. The molecule has 0 aliphatic heterocycles. The largest absolute Gasteiger partial charge is 0.327 e. The summed E-state index contributed by atoms with van der Waals surface area (Å²) in [5.74, 6) is 1.64. The minimum atomic E-state index is -0.0373. The Morgan fingerprint density at radius 1 is 1.30 bits per heavy atom. The summed E-state index contributed by atoms with van der Waals surface area (Å²) in [5.41, 5.74) is 7.16. The van der Waals surface area contributed by atoms with Crippen molar-refractivity contribution in [2.75, 3.05) is 11.1 Å². The van der Waals surface area contributed by atoms with E-state index < -0.39 is 0 Å². The van der Waals surface area contributed by atoms with Crippen LogP contribution in [0, 0.1) is 5.92 Å². The average Bonchev–Trinajstić information content (AvgIpc) is 2.46. The molecule has 0 spiro atoms. The van der Waals surface area contributed by atoms with Crippen molar-refractivity contribution in [3.05, 3.63) is 24.3 Å². The molecule has 4 heteroatoms. The standard InChI is InChI=1S/C16H24N2OS/c1-12(19)18-14-7-9-15(10-8-14)20-11-16(17)13-5-3-2-4-6-13/h7-10,13,16H,2-6,11,17H2,1H3,(H,18,19). The second-order valence-corrected chi connectivity index (χ2v) is 6.67. The van der Waals surface area contributed by atoms with Crippen LogP contribution in [-0.2, 0) is 4.79 Å². The number of hydrogen-bond donors (Lipinski definition) is 2. The van der Waals surface area contributed by atoms with Gasteiger partial charge in [0.2, 0.25) is 5.91 Å². The summed E-state index contributed by atoms with van der Waals surface area (Å²) >= 11 is 1.81. The van der Waals surface area contributed by atoms with Gasteiger partial charge >= 0.3 is 0 Å². The van der Waals surface area contributed by atoms with Gasteiger partial charge in [0.05, 0.1) is 0 Å². The number of hydrogen-bond acceptors (Lipinski definition) is 3. The molecule has 1 atom stereocenters. The van der Waals surface area contributed by atoms with Crippen LogP contribution in [0.15, 0.2) is 29.2 Å². The lowest BCUT2D eigenvalue weighted by Gasteiger charge is -2.27. The van der Waals surface area contributed by atoms with Gasteiger partial charge in [-0.25, -0.2) is 0 Å². The molecule has 0 bridgehead atoms. The van der Waals surface area contributed by atoms with Crippen molar-refractivity contribution in [3.63, 3.8) is 0 Å². The van der Waals surface area contributed by atoms with Crippen molar-refractivity contribution in [1.82, 2.24) is 0 Å². The first-order valence-corrected chi connectivity index (χ1v) is 8.40. The monoisotopic (exact) mass is 292 g/mol. The summed E-state index contributed by atoms with van der Waals surface area (Å²) in [7, 11) is 0. The summed E-state index contributed by atoms with van der Waals surface area (Å²) < 4.78 is 0. The molecular formula is C16H24N2OS. The van der Waals surface area contributed by atoms with E-state index in [9.17, 15) is 4.79 Å². The van der Waals surface area contributed by atoms with E-state index in [1.165, 1.54) is 43.9 Å². The van der Waals surface area contributed by atoms with Gasteiger partial charge in [-0.3, -0.25) is 4.79 Å². The van der Waals surface area contributed by atoms with E-state index in [0.29, 0.717) is 12.0 Å². The molecule has 1 fully saturated rings. The van der Waals surface area contributed by atoms with Crippen molar-refractivity contribution in [2.24, 2.45) is 11.7 Å². The maximum atomic E-state index is 11.0. The highest BCUT2D eigenvalue weighted by molar-refractivity contribution is 7.99. The van der Waals surface area contributed by atoms with Gasteiger partial charge in [-0.2, -0.15) is 0 Å². The van der Waals surface area contributed by atoms with Crippen LogP contribution >= 0.6 is 11.8 Å². The summed E-state index contributed by atoms with van der Waals surface area (Å²) in [5, 5.41) is 2.78. The highest BCUT2D eigenvalue weighted by atomic mass is 32.2. The Labute approximate surface area is 125 Å². The second kappa shape index (κ2) is 7.70. The van der Waals surface area contributed by atoms with Crippen LogP contribution in [0.2, 0.25) is 0 Å². The molecule has 2 rings (SSSR count). The molecule has 1 aromatic carbocycles. The molecule has 1 aliphatic carbocycles. The van der Waals surface area contributed by atoms with Crippen molar-refractivity contribution in [2.45, 2.75) is 50.0 Å². The Bertz CT molecular complexity index is 427. The lowest BCUT2D eigenvalue weighted by atomic mass is 9.85. The van der Waals surface area contributed by atoms with Gasteiger partial charge < -0.3 is 11.1 Å². The molecule has 1 aliphatic rings. The molecular weight excluding hydrogens is 268 g/mol. The first-order valence-electron chi connectivity index (χ1n) is 7.41. The van der Waals surface area contributed by atoms with Crippen LogP contribution in [0.3, 0.4) is 0 Å². The fraction of sp³-hybridized carbons (Fsp3) is 0.562. The second-order valence-electron chi connectivity index (χ2n) is 5.58. The van der Waals surface area contributed by atoms with Gasteiger partial charge in [-0.15, -0.1) is 11.8 Å². The Morgan fingerprint density at radius 2 is 1.95 bits per heavy atom. The number of rotatable bonds is 5. The predicted molar refractivity (Wildman–Crippen MR) is 86.0 cm³/mol. The SMILES string of the molecule is CC(=O)Nc1ccc(SCC(N)C2CCCCC2)cc1. The minimum absolute atomic E-state index is 0.0373. The molecule has 3 nitrogen and oxygen atoms in total. The molecule has 1 aromatic rings. The molecule has 110 valence electrons. The van der Waals surface area contributed by atoms with E-state index in [4.69, 9.17) is 5.73 Å². The average molecular weight is 292 g/mol. The van der Waals surface area contributed by atoms with Crippen molar-refractivity contribution in [3.8, 4) is 0 Å². The molecule has 20 heavy (non-hydrogen) atoms. The third-order valence-electron chi connectivity index (χ3n) is 3.87. The highest BCUT2D eigenvalue weighted by Crippen LogP contribution is 2.29. The third-order valence-corrected chi connectivity index (χ3v) is 5.03. The molecule has 0 saturated heterocycles. The lowest BCUT2D eigenvalue weighted by Crippen LogP contribution is -2.33. The van der Waals surface area contributed by atoms with Crippen LogP contribution in [0.25, 0.3) is 0 Å². The Kier molecular flexibility index (Phi) is 5.92. The quantitative estimate of drug-likeness (QED) is 0.815. The summed E-state index contributed by atoms with van der Waals surface area (Å²) in [6, 6.07) is 8.27. The van der Waals surface area contributed by atoms with Gasteiger partial charge in [-0.05, 0) is 43.0 Å². The number of thioether (sulfide) groups is 1. The van der Waals surface area contributed by atoms with Crippen molar-refractivity contribution < 1.29 is 4.79 Å². The first-order chi connectivity index (χ1) is 9.65. The predicted octanol–water partition coefficient (Wildman–Crippen LogP) is 3.64. The fourth-order valence-electron chi connectivity index (χ4n) is 2.73. The van der Waals surface area contributed by atoms with E-state index in [2.05, 4.69) is 5.32 Å². The number of amides is 1. The zero-order valence-corrected chi connectivity index (χ0v) is 12.9. The fourth-order valence-corrected chi connectivity index (χ4v) is 3.71. The molecule has 1 unspecified atom stereocenters. The van der Waals surface area contributed by atoms with Crippen LogP contribution in [0.4, 0.5) is 5.69 Å². The number of benzene rings is 1. The van der Waals surface area contributed by atoms with E-state index in [1.807, 2.05) is 36.0 Å². The lowest BCUT2D eigenvalue weighted by molar-refractivity contribution is -0.114. The zero-order valence-electron chi connectivity index (χ0n) is 12.1. The van der Waals surface area contributed by atoms with Crippen LogP contribution in [0.1, 0.15) is 39.0 Å². The van der Waals surface area contributed by atoms with Gasteiger partial charge in [0.1, 0.15) is 0 Å². The molecule has 1 saturated carbocycles. The van der Waals surface area contributed by atoms with Crippen molar-refractivity contribution in [1.29, 1.82) is 0 Å². The van der Waals surface area contributed by atoms with E-state index in [1.54, 1.807) is 0 Å². The number of carbonyl (C=O) groups excluding carboxylic acids is 1. The van der Waals surface area contributed by atoms with Crippen molar-refractivity contribution >= 4 is 23.4 Å². The summed E-state index contributed by atoms with van der Waals surface area (Å²) in [6.07, 6.45) is 6.65. The van der Waals surface area contributed by atoms with Crippen LogP contribution in [0.5, 0.6) is 0 Å². The normalized spacial score (nSPS) is 17.7. The summed E-state index contributed by atoms with van der Waals surface area (Å²) in [4.78, 5) is 12.2. The third kappa shape index (κ3) is 4.84. The van der Waals surface area contributed by atoms with Crippen LogP contribution in [-0.4, -0.2) is 17.7 Å². The maximum Gasteiger partial charge on any atom is 0.221 e. The van der Waals surface area contributed by atoms with Gasteiger partial charge in [0.25, 0.3) is 0 Å². The molecule has 0 heterocycles. The number of carbonyl (C=O) groups is 1. The Hall–Kier alpha value is -1.00. The smallest absolute Gasteiger partial charge is 0.221 e. The van der Waals surface area contributed by atoms with Gasteiger partial charge in [0.15, 0.2) is 0 Å².